The van der Waals surface area contributed by atoms with Crippen LogP contribution in [0, 0.1) is 5.92 Å². The molecule has 1 saturated heterocycles. The van der Waals surface area contributed by atoms with Crippen LogP contribution in [0.25, 0.3) is 10.4 Å². The van der Waals surface area contributed by atoms with Gasteiger partial charge in [0.1, 0.15) is 5.60 Å². The van der Waals surface area contributed by atoms with Crippen molar-refractivity contribution in [2.75, 3.05) is 19.6 Å². The minimum absolute atomic E-state index is 0.0495. The molecule has 0 unspecified atom stereocenters. The Kier molecular flexibility index (Phi) is 8.59. The van der Waals surface area contributed by atoms with E-state index in [1.807, 2.05) is 32.9 Å². The summed E-state index contributed by atoms with van der Waals surface area (Å²) in [6.07, 6.45) is 0.370. The summed E-state index contributed by atoms with van der Waals surface area (Å²) < 4.78 is 5.70. The number of hydrogen-bond donors (Lipinski definition) is 0. The maximum absolute atomic E-state index is 13.1. The quantitative estimate of drug-likeness (QED) is 0.257. The van der Waals surface area contributed by atoms with E-state index in [1.165, 1.54) is 11.1 Å². The summed E-state index contributed by atoms with van der Waals surface area (Å²) in [5, 5.41) is 3.81. The monoisotopic (exact) mass is 463 g/mol. The third kappa shape index (κ3) is 6.75. The van der Waals surface area contributed by atoms with Crippen molar-refractivity contribution in [3.63, 3.8) is 0 Å². The molecular weight excluding hydrogens is 426 g/mol. The molecule has 0 saturated carbocycles. The molecule has 1 amide bonds. The Bertz CT molecular complexity index is 928. The summed E-state index contributed by atoms with van der Waals surface area (Å²) in [7, 11) is 0. The van der Waals surface area contributed by atoms with Crippen molar-refractivity contribution in [1.29, 1.82) is 0 Å². The van der Waals surface area contributed by atoms with Gasteiger partial charge in [-0.05, 0) is 49.8 Å². The van der Waals surface area contributed by atoms with Crippen molar-refractivity contribution in [2.24, 2.45) is 11.0 Å². The molecule has 7 heteroatoms. The number of ether oxygens (including phenoxy) is 1. The molecule has 0 radical (unpaired) electrons. The lowest BCUT2D eigenvalue weighted by Gasteiger charge is -2.38. The number of nitrogens with zero attached hydrogens (tertiary/aromatic N) is 5. The first-order valence-corrected chi connectivity index (χ1v) is 12.1. The molecular formula is C27H37N5O2. The lowest BCUT2D eigenvalue weighted by molar-refractivity contribution is 0.0216. The number of hydrogen-bond acceptors (Lipinski definition) is 4. The maximum Gasteiger partial charge on any atom is 0.410 e. The van der Waals surface area contributed by atoms with Gasteiger partial charge < -0.3 is 9.64 Å². The van der Waals surface area contributed by atoms with Gasteiger partial charge in [-0.3, -0.25) is 4.90 Å². The van der Waals surface area contributed by atoms with Gasteiger partial charge in [-0.15, -0.1) is 0 Å². The van der Waals surface area contributed by atoms with Crippen LogP contribution in [0.1, 0.15) is 58.2 Å². The molecule has 2 atom stereocenters. The van der Waals surface area contributed by atoms with Crippen molar-refractivity contribution in [2.45, 2.75) is 64.8 Å². The normalized spacial score (nSPS) is 18.4. The number of azide groups is 1. The van der Waals surface area contributed by atoms with E-state index in [9.17, 15) is 4.79 Å². The number of carbonyl (C=O) groups excluding carboxylic acids is 1. The van der Waals surface area contributed by atoms with Crippen LogP contribution in [0.3, 0.4) is 0 Å². The SMILES string of the molecule is CC(C)CN(C(c1ccccc1)c1ccccc1)[C@@H]1C[C@@H](CN=[N+]=[N-])N(C(=O)OC(C)(C)C)C1. The van der Waals surface area contributed by atoms with Crippen molar-refractivity contribution >= 4 is 6.09 Å². The number of likely N-dealkylation sites (tertiary alicyclic amines) is 1. The lowest BCUT2D eigenvalue weighted by atomic mass is 9.94. The van der Waals surface area contributed by atoms with Crippen LogP contribution in [0.2, 0.25) is 0 Å². The molecule has 0 spiro atoms. The van der Waals surface area contributed by atoms with Gasteiger partial charge in [0.15, 0.2) is 0 Å². The number of benzene rings is 2. The molecule has 0 bridgehead atoms. The maximum atomic E-state index is 13.1. The summed E-state index contributed by atoms with van der Waals surface area (Å²) >= 11 is 0. The van der Waals surface area contributed by atoms with Crippen LogP contribution < -0.4 is 0 Å². The van der Waals surface area contributed by atoms with Crippen LogP contribution in [0.15, 0.2) is 65.8 Å². The van der Waals surface area contributed by atoms with Gasteiger partial charge in [-0.2, -0.15) is 0 Å². The fraction of sp³-hybridized carbons (Fsp3) is 0.519. The zero-order valence-electron chi connectivity index (χ0n) is 21.0. The summed E-state index contributed by atoms with van der Waals surface area (Å²) in [5.41, 5.74) is 10.8. The van der Waals surface area contributed by atoms with Gasteiger partial charge in [-0.1, -0.05) is 79.6 Å². The van der Waals surface area contributed by atoms with E-state index in [0.717, 1.165) is 13.0 Å². The first-order chi connectivity index (χ1) is 16.2. The Morgan fingerprint density at radius 3 is 2.15 bits per heavy atom. The molecule has 0 N–H and O–H groups in total. The fourth-order valence-corrected chi connectivity index (χ4v) is 4.71. The molecule has 0 aliphatic carbocycles. The first-order valence-electron chi connectivity index (χ1n) is 12.1. The van der Waals surface area contributed by atoms with Crippen molar-refractivity contribution in [3.05, 3.63) is 82.2 Å². The average Bonchev–Trinajstić information content (AvgIpc) is 3.22. The van der Waals surface area contributed by atoms with E-state index in [4.69, 9.17) is 10.3 Å². The van der Waals surface area contributed by atoms with E-state index >= 15 is 0 Å². The fourth-order valence-electron chi connectivity index (χ4n) is 4.71. The Labute approximate surface area is 203 Å². The summed E-state index contributed by atoms with van der Waals surface area (Å²) in [5.74, 6) is 0.432. The van der Waals surface area contributed by atoms with E-state index in [2.05, 4.69) is 77.3 Å². The van der Waals surface area contributed by atoms with E-state index in [1.54, 1.807) is 4.90 Å². The van der Waals surface area contributed by atoms with E-state index in [0.29, 0.717) is 12.5 Å². The van der Waals surface area contributed by atoms with E-state index in [-0.39, 0.29) is 30.8 Å². The third-order valence-electron chi connectivity index (χ3n) is 5.98. The van der Waals surface area contributed by atoms with Gasteiger partial charge in [0, 0.05) is 36.6 Å². The zero-order chi connectivity index (χ0) is 24.7. The van der Waals surface area contributed by atoms with Crippen molar-refractivity contribution in [1.82, 2.24) is 9.80 Å². The highest BCUT2D eigenvalue weighted by Gasteiger charge is 2.42. The highest BCUT2D eigenvalue weighted by molar-refractivity contribution is 5.69. The third-order valence-corrected chi connectivity index (χ3v) is 5.98. The molecule has 1 aliphatic heterocycles. The highest BCUT2D eigenvalue weighted by Crippen LogP contribution is 2.35. The van der Waals surface area contributed by atoms with Gasteiger partial charge >= 0.3 is 6.09 Å². The van der Waals surface area contributed by atoms with Crippen LogP contribution in [0.4, 0.5) is 4.79 Å². The second kappa shape index (κ2) is 11.4. The van der Waals surface area contributed by atoms with Crippen LogP contribution >= 0.6 is 0 Å². The molecule has 0 aromatic heterocycles. The zero-order valence-corrected chi connectivity index (χ0v) is 21.0. The first kappa shape index (κ1) is 25.6. The van der Waals surface area contributed by atoms with Gasteiger partial charge in [0.2, 0.25) is 0 Å². The molecule has 182 valence electrons. The smallest absolute Gasteiger partial charge is 0.410 e. The lowest BCUT2D eigenvalue weighted by Crippen LogP contribution is -2.44. The number of amides is 1. The van der Waals surface area contributed by atoms with E-state index < -0.39 is 5.60 Å². The highest BCUT2D eigenvalue weighted by atomic mass is 16.6. The summed E-state index contributed by atoms with van der Waals surface area (Å²) in [6.45, 7) is 11.7. The van der Waals surface area contributed by atoms with Gasteiger partial charge in [0.25, 0.3) is 0 Å². The Balaban J connectivity index is 1.99. The minimum atomic E-state index is -0.591. The molecule has 1 heterocycles. The van der Waals surface area contributed by atoms with Crippen molar-refractivity contribution < 1.29 is 9.53 Å². The van der Waals surface area contributed by atoms with Crippen LogP contribution in [-0.2, 0) is 4.74 Å². The van der Waals surface area contributed by atoms with Crippen LogP contribution in [0.5, 0.6) is 0 Å². The predicted octanol–water partition coefficient (Wildman–Crippen LogP) is 6.42. The summed E-state index contributed by atoms with van der Waals surface area (Å²) in [6, 6.07) is 21.0. The Morgan fingerprint density at radius 1 is 1.12 bits per heavy atom. The largest absolute Gasteiger partial charge is 0.444 e. The molecule has 7 nitrogen and oxygen atoms in total. The second-order valence-corrected chi connectivity index (χ2v) is 10.4. The van der Waals surface area contributed by atoms with Gasteiger partial charge in [-0.25, -0.2) is 4.79 Å². The molecule has 1 fully saturated rings. The number of rotatable bonds is 8. The second-order valence-electron chi connectivity index (χ2n) is 10.4. The number of carbonyl (C=O) groups is 1. The molecule has 2 aromatic rings. The molecule has 34 heavy (non-hydrogen) atoms. The Hall–Kier alpha value is -3.02. The molecule has 1 aliphatic rings. The minimum Gasteiger partial charge on any atom is -0.444 e. The topological polar surface area (TPSA) is 81.5 Å². The molecule has 3 rings (SSSR count). The predicted molar refractivity (Wildman–Crippen MR) is 135 cm³/mol. The average molecular weight is 464 g/mol. The van der Waals surface area contributed by atoms with Gasteiger partial charge in [0.05, 0.1) is 6.04 Å². The Morgan fingerprint density at radius 2 is 1.68 bits per heavy atom. The molecule has 2 aromatic carbocycles. The van der Waals surface area contributed by atoms with Crippen molar-refractivity contribution in [3.8, 4) is 0 Å². The standard InChI is InChI=1S/C27H37N5O2/c1-20(2)18-31(25(21-12-8-6-9-13-21)22-14-10-7-11-15-22)24-16-23(17-29-30-28)32(19-24)26(33)34-27(3,4)5/h6-15,20,23-25H,16-19H2,1-5H3/t23-,24+/m0/s1. The van der Waals surface area contributed by atoms with Crippen LogP contribution in [-0.4, -0.2) is 53.2 Å². The summed E-state index contributed by atoms with van der Waals surface area (Å²) in [4.78, 5) is 20.3.